The first kappa shape index (κ1) is 14.9. The zero-order valence-corrected chi connectivity index (χ0v) is 12.9. The van der Waals surface area contributed by atoms with Crippen LogP contribution in [0.25, 0.3) is 0 Å². The van der Waals surface area contributed by atoms with Gasteiger partial charge >= 0.3 is 0 Å². The summed E-state index contributed by atoms with van der Waals surface area (Å²) >= 11 is 0. The molecule has 1 aromatic heterocycles. The standard InChI is InChI=1S/C15H26N4O2/c1-2-8-19-9-10-20-13(11-19)14-17-15(21-18-14)12-6-4-3-5-7-16-12/h12-13,16H,2-11H2,1H3. The summed E-state index contributed by atoms with van der Waals surface area (Å²) in [5.74, 6) is 1.43. The maximum absolute atomic E-state index is 5.82. The van der Waals surface area contributed by atoms with Gasteiger partial charge in [-0.2, -0.15) is 4.98 Å². The Hall–Kier alpha value is -0.980. The lowest BCUT2D eigenvalue weighted by molar-refractivity contribution is -0.0350. The fourth-order valence-electron chi connectivity index (χ4n) is 3.14. The molecule has 1 N–H and O–H groups in total. The lowest BCUT2D eigenvalue weighted by Crippen LogP contribution is -2.39. The molecule has 3 heterocycles. The summed E-state index contributed by atoms with van der Waals surface area (Å²) < 4.78 is 11.3. The van der Waals surface area contributed by atoms with Crippen molar-refractivity contribution in [1.29, 1.82) is 0 Å². The summed E-state index contributed by atoms with van der Waals surface area (Å²) in [7, 11) is 0. The van der Waals surface area contributed by atoms with Crippen LogP contribution < -0.4 is 5.32 Å². The summed E-state index contributed by atoms with van der Waals surface area (Å²) in [6, 6.07) is 0.212. The van der Waals surface area contributed by atoms with Gasteiger partial charge in [-0.15, -0.1) is 0 Å². The summed E-state index contributed by atoms with van der Waals surface area (Å²) in [5, 5.41) is 7.66. The second-order valence-corrected chi connectivity index (χ2v) is 6.01. The lowest BCUT2D eigenvalue weighted by atomic mass is 10.1. The molecule has 2 unspecified atom stereocenters. The molecule has 118 valence electrons. The average molecular weight is 294 g/mol. The molecule has 0 saturated carbocycles. The van der Waals surface area contributed by atoms with Crippen molar-refractivity contribution in [3.05, 3.63) is 11.7 Å². The fraction of sp³-hybridized carbons (Fsp3) is 0.867. The Kier molecular flexibility index (Phi) is 5.22. The third kappa shape index (κ3) is 3.81. The second kappa shape index (κ2) is 7.33. The summed E-state index contributed by atoms with van der Waals surface area (Å²) in [4.78, 5) is 7.01. The van der Waals surface area contributed by atoms with E-state index in [1.54, 1.807) is 0 Å². The molecule has 0 amide bonds. The van der Waals surface area contributed by atoms with Crippen LogP contribution in [0.2, 0.25) is 0 Å². The highest BCUT2D eigenvalue weighted by molar-refractivity contribution is 4.98. The maximum atomic E-state index is 5.82. The largest absolute Gasteiger partial charge is 0.367 e. The number of aromatic nitrogens is 2. The number of nitrogens with one attached hydrogen (secondary N) is 1. The first-order valence-corrected chi connectivity index (χ1v) is 8.27. The lowest BCUT2D eigenvalue weighted by Gasteiger charge is -2.30. The number of ether oxygens (including phenoxy) is 1. The molecule has 2 saturated heterocycles. The van der Waals surface area contributed by atoms with Crippen LogP contribution in [0.5, 0.6) is 0 Å². The maximum Gasteiger partial charge on any atom is 0.243 e. The Bertz CT molecular complexity index is 427. The van der Waals surface area contributed by atoms with E-state index in [2.05, 4.69) is 27.3 Å². The molecular weight excluding hydrogens is 268 g/mol. The van der Waals surface area contributed by atoms with E-state index < -0.39 is 0 Å². The van der Waals surface area contributed by atoms with E-state index in [0.29, 0.717) is 5.82 Å². The quantitative estimate of drug-likeness (QED) is 0.917. The van der Waals surface area contributed by atoms with Gasteiger partial charge < -0.3 is 14.6 Å². The van der Waals surface area contributed by atoms with Crippen LogP contribution in [-0.4, -0.2) is 47.8 Å². The minimum Gasteiger partial charge on any atom is -0.367 e. The monoisotopic (exact) mass is 294 g/mol. The molecule has 0 aromatic carbocycles. The van der Waals surface area contributed by atoms with Crippen LogP contribution in [0, 0.1) is 0 Å². The van der Waals surface area contributed by atoms with Crippen LogP contribution in [0.3, 0.4) is 0 Å². The van der Waals surface area contributed by atoms with E-state index >= 15 is 0 Å². The molecule has 6 heteroatoms. The summed E-state index contributed by atoms with van der Waals surface area (Å²) in [5.41, 5.74) is 0. The second-order valence-electron chi connectivity index (χ2n) is 6.01. The predicted octanol–water partition coefficient (Wildman–Crippen LogP) is 2.06. The van der Waals surface area contributed by atoms with Gasteiger partial charge in [0, 0.05) is 13.1 Å². The molecule has 1 aromatic rings. The number of hydrogen-bond acceptors (Lipinski definition) is 6. The minimum atomic E-state index is -0.0476. The first-order valence-electron chi connectivity index (χ1n) is 8.27. The molecule has 3 rings (SSSR count). The van der Waals surface area contributed by atoms with Crippen molar-refractivity contribution in [1.82, 2.24) is 20.4 Å². The van der Waals surface area contributed by atoms with Crippen LogP contribution in [-0.2, 0) is 4.74 Å². The Labute approximate surface area is 126 Å². The van der Waals surface area contributed by atoms with Gasteiger partial charge in [0.25, 0.3) is 0 Å². The van der Waals surface area contributed by atoms with E-state index in [0.717, 1.165) is 51.5 Å². The minimum absolute atomic E-state index is 0.0476. The number of rotatable bonds is 4. The highest BCUT2D eigenvalue weighted by Gasteiger charge is 2.27. The highest BCUT2D eigenvalue weighted by Crippen LogP contribution is 2.25. The van der Waals surface area contributed by atoms with Crippen molar-refractivity contribution < 1.29 is 9.26 Å². The fourth-order valence-corrected chi connectivity index (χ4v) is 3.14. The Balaban J connectivity index is 1.63. The van der Waals surface area contributed by atoms with E-state index in [-0.39, 0.29) is 12.1 Å². The molecule has 21 heavy (non-hydrogen) atoms. The third-order valence-electron chi connectivity index (χ3n) is 4.29. The van der Waals surface area contributed by atoms with E-state index in [1.807, 2.05) is 0 Å². The molecule has 0 aliphatic carbocycles. The summed E-state index contributed by atoms with van der Waals surface area (Å²) in [6.07, 6.45) is 5.93. The zero-order chi connectivity index (χ0) is 14.5. The van der Waals surface area contributed by atoms with Crippen molar-refractivity contribution in [3.63, 3.8) is 0 Å². The van der Waals surface area contributed by atoms with E-state index in [4.69, 9.17) is 9.26 Å². The van der Waals surface area contributed by atoms with Crippen molar-refractivity contribution in [3.8, 4) is 0 Å². The van der Waals surface area contributed by atoms with Gasteiger partial charge in [-0.1, -0.05) is 24.9 Å². The molecule has 2 fully saturated rings. The van der Waals surface area contributed by atoms with Gasteiger partial charge in [-0.3, -0.25) is 4.90 Å². The van der Waals surface area contributed by atoms with Crippen molar-refractivity contribution in [2.45, 2.75) is 51.2 Å². The molecule has 2 aliphatic rings. The molecular formula is C15H26N4O2. The smallest absolute Gasteiger partial charge is 0.243 e. The first-order chi connectivity index (χ1) is 10.4. The van der Waals surface area contributed by atoms with Crippen LogP contribution in [0.4, 0.5) is 0 Å². The highest BCUT2D eigenvalue weighted by atomic mass is 16.5. The molecule has 0 bridgehead atoms. The Morgan fingerprint density at radius 2 is 2.29 bits per heavy atom. The van der Waals surface area contributed by atoms with E-state index in [1.165, 1.54) is 19.3 Å². The molecule has 2 atom stereocenters. The van der Waals surface area contributed by atoms with E-state index in [9.17, 15) is 0 Å². The SMILES string of the molecule is CCCN1CCOC(c2noc(C3CCCCCN3)n2)C1. The molecule has 2 aliphatic heterocycles. The third-order valence-corrected chi connectivity index (χ3v) is 4.29. The Morgan fingerprint density at radius 3 is 3.19 bits per heavy atom. The average Bonchev–Trinajstić information content (AvgIpc) is 2.84. The zero-order valence-electron chi connectivity index (χ0n) is 12.9. The normalized spacial score (nSPS) is 28.4. The van der Waals surface area contributed by atoms with Gasteiger partial charge in [0.2, 0.25) is 11.7 Å². The topological polar surface area (TPSA) is 63.4 Å². The Morgan fingerprint density at radius 1 is 1.33 bits per heavy atom. The number of morpholine rings is 1. The van der Waals surface area contributed by atoms with Crippen LogP contribution >= 0.6 is 0 Å². The van der Waals surface area contributed by atoms with Gasteiger partial charge in [0.1, 0.15) is 6.10 Å². The molecule has 0 radical (unpaired) electrons. The molecule has 0 spiro atoms. The van der Waals surface area contributed by atoms with Gasteiger partial charge in [0.05, 0.1) is 12.6 Å². The van der Waals surface area contributed by atoms with Crippen molar-refractivity contribution in [2.75, 3.05) is 32.8 Å². The number of nitrogens with zero attached hydrogens (tertiary/aromatic N) is 3. The van der Waals surface area contributed by atoms with Crippen LogP contribution in [0.1, 0.15) is 62.9 Å². The number of hydrogen-bond donors (Lipinski definition) is 1. The van der Waals surface area contributed by atoms with Crippen molar-refractivity contribution >= 4 is 0 Å². The van der Waals surface area contributed by atoms with Gasteiger partial charge in [-0.25, -0.2) is 0 Å². The van der Waals surface area contributed by atoms with Gasteiger partial charge in [-0.05, 0) is 32.4 Å². The van der Waals surface area contributed by atoms with Gasteiger partial charge in [0.15, 0.2) is 0 Å². The van der Waals surface area contributed by atoms with Crippen LogP contribution in [0.15, 0.2) is 4.52 Å². The van der Waals surface area contributed by atoms with Crippen molar-refractivity contribution in [2.24, 2.45) is 0 Å². The predicted molar refractivity (Wildman–Crippen MR) is 78.9 cm³/mol. The summed E-state index contributed by atoms with van der Waals surface area (Å²) in [6.45, 7) is 6.95. The molecule has 6 nitrogen and oxygen atoms in total.